The van der Waals surface area contributed by atoms with Crippen molar-refractivity contribution in [2.45, 2.75) is 25.9 Å². The van der Waals surface area contributed by atoms with Crippen molar-refractivity contribution in [2.24, 2.45) is 0 Å². The van der Waals surface area contributed by atoms with E-state index in [1.165, 1.54) is 6.08 Å². The largest absolute Gasteiger partial charge is 0.375 e. The number of carbonyl (C=O) groups excluding carboxylic acids is 1. The molecule has 0 N–H and O–H groups in total. The van der Waals surface area contributed by atoms with E-state index in [-0.39, 0.29) is 12.0 Å². The summed E-state index contributed by atoms with van der Waals surface area (Å²) < 4.78 is 5.52. The predicted octanol–water partition coefficient (Wildman–Crippen LogP) is 1.20. The molecule has 1 atom stereocenters. The normalized spacial score (nSPS) is 22.8. The Morgan fingerprint density at radius 3 is 3.15 bits per heavy atom. The van der Waals surface area contributed by atoms with Crippen LogP contribution in [0.15, 0.2) is 12.7 Å². The summed E-state index contributed by atoms with van der Waals surface area (Å²) in [5.74, 6) is 0.0180. The third kappa shape index (κ3) is 2.84. The maximum Gasteiger partial charge on any atom is 0.246 e. The van der Waals surface area contributed by atoms with Crippen LogP contribution in [-0.4, -0.2) is 36.6 Å². The Morgan fingerprint density at radius 1 is 1.77 bits per heavy atom. The van der Waals surface area contributed by atoms with Crippen LogP contribution in [0.1, 0.15) is 19.8 Å². The fourth-order valence-electron chi connectivity index (χ4n) is 1.55. The summed E-state index contributed by atoms with van der Waals surface area (Å²) >= 11 is 0. The van der Waals surface area contributed by atoms with E-state index in [1.54, 1.807) is 4.90 Å². The van der Waals surface area contributed by atoms with Crippen LogP contribution in [0.2, 0.25) is 0 Å². The van der Waals surface area contributed by atoms with Crippen molar-refractivity contribution in [3.05, 3.63) is 12.7 Å². The summed E-state index contributed by atoms with van der Waals surface area (Å²) in [7, 11) is 0. The van der Waals surface area contributed by atoms with Crippen molar-refractivity contribution in [3.63, 3.8) is 0 Å². The van der Waals surface area contributed by atoms with Gasteiger partial charge in [-0.25, -0.2) is 0 Å². The minimum Gasteiger partial charge on any atom is -0.375 e. The number of amides is 1. The summed E-state index contributed by atoms with van der Waals surface area (Å²) in [6.07, 6.45) is 3.72. The molecule has 0 aromatic heterocycles. The molecular weight excluding hydrogens is 166 g/mol. The van der Waals surface area contributed by atoms with Gasteiger partial charge in [0.05, 0.1) is 12.7 Å². The summed E-state index contributed by atoms with van der Waals surface area (Å²) in [6, 6.07) is 0. The van der Waals surface area contributed by atoms with Crippen LogP contribution in [0.5, 0.6) is 0 Å². The van der Waals surface area contributed by atoms with Gasteiger partial charge in [0.25, 0.3) is 0 Å². The Balaban J connectivity index is 2.41. The third-order valence-corrected chi connectivity index (χ3v) is 2.24. The number of ether oxygens (including phenoxy) is 1. The average molecular weight is 183 g/mol. The van der Waals surface area contributed by atoms with Gasteiger partial charge >= 0.3 is 0 Å². The molecule has 1 rings (SSSR count). The lowest BCUT2D eigenvalue weighted by Gasteiger charge is -2.32. The lowest BCUT2D eigenvalue weighted by Crippen LogP contribution is -2.44. The van der Waals surface area contributed by atoms with Gasteiger partial charge < -0.3 is 9.64 Å². The van der Waals surface area contributed by atoms with E-state index in [0.29, 0.717) is 13.2 Å². The van der Waals surface area contributed by atoms with Gasteiger partial charge in [-0.1, -0.05) is 19.9 Å². The zero-order chi connectivity index (χ0) is 9.68. The molecule has 1 unspecified atom stereocenters. The lowest BCUT2D eigenvalue weighted by atomic mass is 10.1. The molecule has 0 aromatic rings. The number of hydrogen-bond donors (Lipinski definition) is 0. The molecule has 74 valence electrons. The molecule has 0 aromatic carbocycles. The van der Waals surface area contributed by atoms with Crippen LogP contribution in [0.4, 0.5) is 0 Å². The Bertz CT molecular complexity index is 189. The zero-order valence-electron chi connectivity index (χ0n) is 8.16. The van der Waals surface area contributed by atoms with Crippen molar-refractivity contribution in [2.75, 3.05) is 19.7 Å². The van der Waals surface area contributed by atoms with Crippen molar-refractivity contribution >= 4 is 5.91 Å². The van der Waals surface area contributed by atoms with Gasteiger partial charge in [0, 0.05) is 13.1 Å². The van der Waals surface area contributed by atoms with Crippen LogP contribution in [-0.2, 0) is 9.53 Å². The monoisotopic (exact) mass is 183 g/mol. The molecule has 0 spiro atoms. The highest BCUT2D eigenvalue weighted by Gasteiger charge is 2.21. The Labute approximate surface area is 79.4 Å². The second-order valence-corrected chi connectivity index (χ2v) is 3.27. The first-order valence-electron chi connectivity index (χ1n) is 4.81. The standard InChI is InChI=1S/C10H17NO2/c1-3-5-9-8-11(6-7-13-9)10(12)4-2/h4,9H,2-3,5-8H2,1H3. The van der Waals surface area contributed by atoms with E-state index in [4.69, 9.17) is 4.74 Å². The first-order valence-corrected chi connectivity index (χ1v) is 4.81. The fraction of sp³-hybridized carbons (Fsp3) is 0.700. The number of hydrogen-bond acceptors (Lipinski definition) is 2. The van der Waals surface area contributed by atoms with Gasteiger partial charge in [-0.3, -0.25) is 4.79 Å². The molecule has 1 heterocycles. The highest BCUT2D eigenvalue weighted by Crippen LogP contribution is 2.10. The number of morpholine rings is 1. The van der Waals surface area contributed by atoms with Crippen molar-refractivity contribution in [3.8, 4) is 0 Å². The minimum atomic E-state index is 0.0180. The molecule has 1 aliphatic rings. The topological polar surface area (TPSA) is 29.5 Å². The second kappa shape index (κ2) is 5.02. The molecule has 1 saturated heterocycles. The van der Waals surface area contributed by atoms with Crippen molar-refractivity contribution < 1.29 is 9.53 Å². The SMILES string of the molecule is C=CC(=O)N1CCOC(CCC)C1. The molecule has 1 amide bonds. The second-order valence-electron chi connectivity index (χ2n) is 3.27. The molecule has 0 saturated carbocycles. The van der Waals surface area contributed by atoms with Gasteiger partial charge in [0.15, 0.2) is 0 Å². The Morgan fingerprint density at radius 2 is 2.54 bits per heavy atom. The summed E-state index contributed by atoms with van der Waals surface area (Å²) in [4.78, 5) is 13.1. The van der Waals surface area contributed by atoms with E-state index in [1.807, 2.05) is 0 Å². The molecular formula is C10H17NO2. The summed E-state index contributed by atoms with van der Waals surface area (Å²) in [5.41, 5.74) is 0. The van der Waals surface area contributed by atoms with Crippen LogP contribution < -0.4 is 0 Å². The average Bonchev–Trinajstić information content (AvgIpc) is 2.18. The molecule has 3 nitrogen and oxygen atoms in total. The first kappa shape index (κ1) is 10.3. The maximum absolute atomic E-state index is 11.3. The van der Waals surface area contributed by atoms with Crippen molar-refractivity contribution in [1.82, 2.24) is 4.90 Å². The third-order valence-electron chi connectivity index (χ3n) is 2.24. The van der Waals surface area contributed by atoms with Crippen LogP contribution in [0.25, 0.3) is 0 Å². The zero-order valence-corrected chi connectivity index (χ0v) is 8.16. The fourth-order valence-corrected chi connectivity index (χ4v) is 1.55. The number of nitrogens with zero attached hydrogens (tertiary/aromatic N) is 1. The molecule has 13 heavy (non-hydrogen) atoms. The Kier molecular flexibility index (Phi) is 3.96. The van der Waals surface area contributed by atoms with Gasteiger partial charge in [0.2, 0.25) is 5.91 Å². The highest BCUT2D eigenvalue weighted by atomic mass is 16.5. The number of rotatable bonds is 3. The van der Waals surface area contributed by atoms with Crippen molar-refractivity contribution in [1.29, 1.82) is 0 Å². The molecule has 0 aliphatic carbocycles. The van der Waals surface area contributed by atoms with E-state index >= 15 is 0 Å². The summed E-state index contributed by atoms with van der Waals surface area (Å²) in [6.45, 7) is 7.67. The molecule has 1 aliphatic heterocycles. The summed E-state index contributed by atoms with van der Waals surface area (Å²) in [5, 5.41) is 0. The maximum atomic E-state index is 11.3. The number of carbonyl (C=O) groups is 1. The van der Waals surface area contributed by atoms with E-state index in [9.17, 15) is 4.79 Å². The van der Waals surface area contributed by atoms with Gasteiger partial charge in [-0.05, 0) is 12.5 Å². The predicted molar refractivity (Wildman–Crippen MR) is 51.4 cm³/mol. The van der Waals surface area contributed by atoms with E-state index in [0.717, 1.165) is 19.4 Å². The van der Waals surface area contributed by atoms with E-state index in [2.05, 4.69) is 13.5 Å². The first-order chi connectivity index (χ1) is 6.27. The highest BCUT2D eigenvalue weighted by molar-refractivity contribution is 5.87. The van der Waals surface area contributed by atoms with E-state index < -0.39 is 0 Å². The van der Waals surface area contributed by atoms with Gasteiger partial charge in [-0.15, -0.1) is 0 Å². The Hall–Kier alpha value is -0.830. The van der Waals surface area contributed by atoms with Gasteiger partial charge in [-0.2, -0.15) is 0 Å². The minimum absolute atomic E-state index is 0.0180. The molecule has 0 bridgehead atoms. The molecule has 1 fully saturated rings. The van der Waals surface area contributed by atoms with Gasteiger partial charge in [0.1, 0.15) is 0 Å². The quantitative estimate of drug-likeness (QED) is 0.615. The molecule has 3 heteroatoms. The molecule has 0 radical (unpaired) electrons. The lowest BCUT2D eigenvalue weighted by molar-refractivity contribution is -0.133. The van der Waals surface area contributed by atoms with Crippen LogP contribution >= 0.6 is 0 Å². The van der Waals surface area contributed by atoms with Crippen LogP contribution in [0.3, 0.4) is 0 Å². The van der Waals surface area contributed by atoms with Crippen LogP contribution in [0, 0.1) is 0 Å². The smallest absolute Gasteiger partial charge is 0.246 e.